The maximum absolute atomic E-state index is 3.69. The highest BCUT2D eigenvalue weighted by atomic mass is 79.9. The Hall–Kier alpha value is -0.380. The molecular weight excluding hydrogens is 312 g/mol. The van der Waals surface area contributed by atoms with Gasteiger partial charge >= 0.3 is 0 Å². The SMILES string of the molecule is CCNC(Cc1ccccc1Br)C(C)(C)N(CC)CC. The van der Waals surface area contributed by atoms with Gasteiger partial charge in [-0.15, -0.1) is 0 Å². The van der Waals surface area contributed by atoms with Crippen LogP contribution in [-0.2, 0) is 6.42 Å². The number of halogens is 1. The van der Waals surface area contributed by atoms with Gasteiger partial charge in [0.15, 0.2) is 0 Å². The molecule has 0 aliphatic heterocycles. The monoisotopic (exact) mass is 340 g/mol. The second-order valence-corrected chi connectivity index (χ2v) is 6.59. The molecular formula is C17H29BrN2. The summed E-state index contributed by atoms with van der Waals surface area (Å²) in [5.41, 5.74) is 1.51. The molecule has 1 N–H and O–H groups in total. The van der Waals surface area contributed by atoms with Gasteiger partial charge in [0.25, 0.3) is 0 Å². The van der Waals surface area contributed by atoms with Gasteiger partial charge in [-0.2, -0.15) is 0 Å². The fourth-order valence-electron chi connectivity index (χ4n) is 2.96. The highest BCUT2D eigenvalue weighted by Crippen LogP contribution is 2.25. The normalized spacial score (nSPS) is 13.8. The predicted molar refractivity (Wildman–Crippen MR) is 92.3 cm³/mol. The molecule has 0 saturated carbocycles. The zero-order chi connectivity index (χ0) is 15.2. The van der Waals surface area contributed by atoms with Crippen LogP contribution < -0.4 is 5.32 Å². The van der Waals surface area contributed by atoms with E-state index in [2.05, 4.69) is 85.0 Å². The van der Waals surface area contributed by atoms with E-state index in [-0.39, 0.29) is 5.54 Å². The smallest absolute Gasteiger partial charge is 0.0309 e. The summed E-state index contributed by atoms with van der Waals surface area (Å²) >= 11 is 3.67. The average Bonchev–Trinajstić information content (AvgIpc) is 2.41. The van der Waals surface area contributed by atoms with Crippen LogP contribution >= 0.6 is 15.9 Å². The molecule has 0 heterocycles. The van der Waals surface area contributed by atoms with Crippen molar-refractivity contribution >= 4 is 15.9 Å². The van der Waals surface area contributed by atoms with Crippen molar-refractivity contribution in [2.75, 3.05) is 19.6 Å². The molecule has 0 radical (unpaired) electrons. The lowest BCUT2D eigenvalue weighted by Gasteiger charge is -2.44. The first kappa shape index (κ1) is 17.7. The molecule has 20 heavy (non-hydrogen) atoms. The minimum absolute atomic E-state index is 0.134. The largest absolute Gasteiger partial charge is 0.312 e. The first-order valence-electron chi connectivity index (χ1n) is 7.69. The fourth-order valence-corrected chi connectivity index (χ4v) is 3.41. The Balaban J connectivity index is 2.96. The van der Waals surface area contributed by atoms with Crippen LogP contribution in [0, 0.1) is 0 Å². The van der Waals surface area contributed by atoms with Gasteiger partial charge in [0.2, 0.25) is 0 Å². The summed E-state index contributed by atoms with van der Waals surface area (Å²) in [6.45, 7) is 14.5. The standard InChI is InChI=1S/C17H29BrN2/c1-6-19-16(17(4,5)20(7-2)8-3)13-14-11-9-10-12-15(14)18/h9-12,16,19H,6-8,13H2,1-5H3. The molecule has 2 nitrogen and oxygen atoms in total. The molecule has 1 aromatic rings. The summed E-state index contributed by atoms with van der Waals surface area (Å²) in [4.78, 5) is 2.54. The van der Waals surface area contributed by atoms with Gasteiger partial charge in [-0.25, -0.2) is 0 Å². The van der Waals surface area contributed by atoms with Gasteiger partial charge < -0.3 is 5.32 Å². The lowest BCUT2D eigenvalue weighted by atomic mass is 9.87. The van der Waals surface area contributed by atoms with Crippen LogP contribution in [0.3, 0.4) is 0 Å². The van der Waals surface area contributed by atoms with E-state index in [0.29, 0.717) is 6.04 Å². The molecule has 0 aliphatic rings. The van der Waals surface area contributed by atoms with Crippen molar-refractivity contribution in [3.63, 3.8) is 0 Å². The number of nitrogens with one attached hydrogen (secondary N) is 1. The second kappa shape index (κ2) is 8.16. The minimum Gasteiger partial charge on any atom is -0.312 e. The molecule has 0 amide bonds. The van der Waals surface area contributed by atoms with Crippen molar-refractivity contribution in [2.45, 2.75) is 52.6 Å². The fraction of sp³-hybridized carbons (Fsp3) is 0.647. The summed E-state index contributed by atoms with van der Waals surface area (Å²) in [5.74, 6) is 0. The van der Waals surface area contributed by atoms with Crippen molar-refractivity contribution in [2.24, 2.45) is 0 Å². The Morgan fingerprint density at radius 1 is 1.15 bits per heavy atom. The molecule has 0 aliphatic carbocycles. The number of likely N-dealkylation sites (N-methyl/N-ethyl adjacent to an activating group) is 2. The van der Waals surface area contributed by atoms with Gasteiger partial charge in [-0.1, -0.05) is 54.9 Å². The summed E-state index contributed by atoms with van der Waals surface area (Å²) in [6, 6.07) is 8.97. The summed E-state index contributed by atoms with van der Waals surface area (Å²) in [5, 5.41) is 3.69. The number of nitrogens with zero attached hydrogens (tertiary/aromatic N) is 1. The van der Waals surface area contributed by atoms with Gasteiger partial charge in [0, 0.05) is 16.1 Å². The third-order valence-corrected chi connectivity index (χ3v) is 5.04. The van der Waals surface area contributed by atoms with Crippen LogP contribution in [0.2, 0.25) is 0 Å². The predicted octanol–water partition coefficient (Wildman–Crippen LogP) is 4.09. The molecule has 0 saturated heterocycles. The molecule has 0 bridgehead atoms. The Bertz CT molecular complexity index is 400. The van der Waals surface area contributed by atoms with Crippen LogP contribution in [0.25, 0.3) is 0 Å². The Morgan fingerprint density at radius 3 is 2.25 bits per heavy atom. The Labute approximate surface area is 133 Å². The third kappa shape index (κ3) is 4.31. The Morgan fingerprint density at radius 2 is 1.75 bits per heavy atom. The minimum atomic E-state index is 0.134. The highest BCUT2D eigenvalue weighted by molar-refractivity contribution is 9.10. The van der Waals surface area contributed by atoms with E-state index in [1.165, 1.54) is 10.0 Å². The van der Waals surface area contributed by atoms with E-state index in [4.69, 9.17) is 0 Å². The van der Waals surface area contributed by atoms with Crippen LogP contribution in [0.4, 0.5) is 0 Å². The topological polar surface area (TPSA) is 15.3 Å². The molecule has 0 fully saturated rings. The Kier molecular flexibility index (Phi) is 7.21. The van der Waals surface area contributed by atoms with Crippen molar-refractivity contribution in [3.05, 3.63) is 34.3 Å². The van der Waals surface area contributed by atoms with Crippen molar-refractivity contribution < 1.29 is 0 Å². The number of benzene rings is 1. The molecule has 1 atom stereocenters. The van der Waals surface area contributed by atoms with E-state index in [0.717, 1.165) is 26.1 Å². The summed E-state index contributed by atoms with van der Waals surface area (Å²) < 4.78 is 1.21. The van der Waals surface area contributed by atoms with Crippen LogP contribution in [0.15, 0.2) is 28.7 Å². The zero-order valence-electron chi connectivity index (χ0n) is 13.5. The zero-order valence-corrected chi connectivity index (χ0v) is 15.1. The van der Waals surface area contributed by atoms with E-state index in [1.54, 1.807) is 0 Å². The van der Waals surface area contributed by atoms with Crippen LogP contribution in [0.5, 0.6) is 0 Å². The van der Waals surface area contributed by atoms with Crippen molar-refractivity contribution in [3.8, 4) is 0 Å². The molecule has 1 rings (SSSR count). The highest BCUT2D eigenvalue weighted by Gasteiger charge is 2.33. The number of rotatable bonds is 8. The van der Waals surface area contributed by atoms with Gasteiger partial charge in [-0.3, -0.25) is 4.90 Å². The number of hydrogen-bond donors (Lipinski definition) is 1. The van der Waals surface area contributed by atoms with Gasteiger partial charge in [0.1, 0.15) is 0 Å². The van der Waals surface area contributed by atoms with Crippen LogP contribution in [0.1, 0.15) is 40.2 Å². The molecule has 1 unspecified atom stereocenters. The summed E-state index contributed by atoms with van der Waals surface area (Å²) in [7, 11) is 0. The van der Waals surface area contributed by atoms with Gasteiger partial charge in [0.05, 0.1) is 0 Å². The van der Waals surface area contributed by atoms with E-state index in [9.17, 15) is 0 Å². The van der Waals surface area contributed by atoms with Gasteiger partial charge in [-0.05, 0) is 51.5 Å². The lowest BCUT2D eigenvalue weighted by Crippen LogP contribution is -2.58. The summed E-state index contributed by atoms with van der Waals surface area (Å²) in [6.07, 6.45) is 1.04. The van der Waals surface area contributed by atoms with E-state index < -0.39 is 0 Å². The maximum Gasteiger partial charge on any atom is 0.0309 e. The average molecular weight is 341 g/mol. The van der Waals surface area contributed by atoms with E-state index >= 15 is 0 Å². The molecule has 0 spiro atoms. The van der Waals surface area contributed by atoms with Crippen molar-refractivity contribution in [1.82, 2.24) is 10.2 Å². The second-order valence-electron chi connectivity index (χ2n) is 5.73. The molecule has 3 heteroatoms. The molecule has 0 aromatic heterocycles. The number of hydrogen-bond acceptors (Lipinski definition) is 2. The van der Waals surface area contributed by atoms with Crippen LogP contribution in [-0.4, -0.2) is 36.1 Å². The molecule has 114 valence electrons. The molecule has 1 aromatic carbocycles. The van der Waals surface area contributed by atoms with E-state index in [1.807, 2.05) is 0 Å². The first-order chi connectivity index (χ1) is 9.47. The van der Waals surface area contributed by atoms with Crippen molar-refractivity contribution in [1.29, 1.82) is 0 Å². The lowest BCUT2D eigenvalue weighted by molar-refractivity contribution is 0.0917. The maximum atomic E-state index is 3.69. The quantitative estimate of drug-likeness (QED) is 0.766. The first-order valence-corrected chi connectivity index (χ1v) is 8.48. The third-order valence-electron chi connectivity index (χ3n) is 4.26.